The maximum Gasteiger partial charge on any atom is 0.267 e. The van der Waals surface area contributed by atoms with Gasteiger partial charge in [-0.25, -0.2) is 0 Å². The van der Waals surface area contributed by atoms with Crippen molar-refractivity contribution in [2.75, 3.05) is 6.54 Å². The average molecular weight is 432 g/mol. The van der Waals surface area contributed by atoms with Crippen molar-refractivity contribution in [2.45, 2.75) is 51.2 Å². The van der Waals surface area contributed by atoms with Crippen molar-refractivity contribution in [1.82, 2.24) is 4.90 Å². The Balaban J connectivity index is 1.74. The second kappa shape index (κ2) is 10.7. The SMILES string of the molecule is CCCCCCCCN1C(=O)C(SCc2ccco2)=C(c2ccc(Cl)cc2)C1=O. The van der Waals surface area contributed by atoms with Crippen LogP contribution in [-0.4, -0.2) is 23.3 Å². The first kappa shape index (κ1) is 21.7. The third-order valence-corrected chi connectivity index (χ3v) is 6.28. The lowest BCUT2D eigenvalue weighted by atomic mass is 10.1. The second-order valence-corrected chi connectivity index (χ2v) is 8.53. The number of carbonyl (C=O) groups is 2. The summed E-state index contributed by atoms with van der Waals surface area (Å²) in [5, 5.41) is 0.597. The molecule has 4 nitrogen and oxygen atoms in total. The summed E-state index contributed by atoms with van der Waals surface area (Å²) in [5.74, 6) is 0.856. The van der Waals surface area contributed by atoms with Crippen LogP contribution in [0.2, 0.25) is 5.02 Å². The fourth-order valence-electron chi connectivity index (χ4n) is 3.35. The van der Waals surface area contributed by atoms with E-state index < -0.39 is 0 Å². The van der Waals surface area contributed by atoms with Crippen molar-refractivity contribution in [1.29, 1.82) is 0 Å². The molecule has 29 heavy (non-hydrogen) atoms. The number of nitrogens with zero attached hydrogens (tertiary/aromatic N) is 1. The van der Waals surface area contributed by atoms with Crippen molar-refractivity contribution in [3.63, 3.8) is 0 Å². The van der Waals surface area contributed by atoms with Crippen molar-refractivity contribution < 1.29 is 14.0 Å². The first-order valence-electron chi connectivity index (χ1n) is 10.1. The summed E-state index contributed by atoms with van der Waals surface area (Å²) < 4.78 is 5.38. The van der Waals surface area contributed by atoms with Crippen molar-refractivity contribution in [3.05, 3.63) is 63.9 Å². The maximum atomic E-state index is 13.1. The minimum absolute atomic E-state index is 0.204. The van der Waals surface area contributed by atoms with Crippen LogP contribution < -0.4 is 0 Å². The lowest BCUT2D eigenvalue weighted by molar-refractivity contribution is -0.136. The molecule has 0 radical (unpaired) electrons. The Bertz CT molecular complexity index is 859. The van der Waals surface area contributed by atoms with Gasteiger partial charge in [0.25, 0.3) is 11.8 Å². The Labute approximate surface area is 181 Å². The van der Waals surface area contributed by atoms with Crippen LogP contribution in [0.4, 0.5) is 0 Å². The molecular formula is C23H26ClNO3S. The molecule has 0 spiro atoms. The topological polar surface area (TPSA) is 50.5 Å². The van der Waals surface area contributed by atoms with Crippen LogP contribution in [-0.2, 0) is 15.3 Å². The van der Waals surface area contributed by atoms with E-state index in [1.807, 2.05) is 12.1 Å². The number of halogens is 1. The van der Waals surface area contributed by atoms with Gasteiger partial charge >= 0.3 is 0 Å². The van der Waals surface area contributed by atoms with Gasteiger partial charge in [0.1, 0.15) is 5.76 Å². The molecule has 0 saturated carbocycles. The molecule has 0 fully saturated rings. The number of furan rings is 1. The van der Waals surface area contributed by atoms with Gasteiger partial charge in [-0.2, -0.15) is 0 Å². The summed E-state index contributed by atoms with van der Waals surface area (Å²) in [6, 6.07) is 10.8. The van der Waals surface area contributed by atoms with E-state index in [9.17, 15) is 9.59 Å². The highest BCUT2D eigenvalue weighted by molar-refractivity contribution is 8.03. The molecule has 1 aromatic carbocycles. The quantitative estimate of drug-likeness (QED) is 0.309. The molecule has 6 heteroatoms. The number of imide groups is 1. The Morgan fingerprint density at radius 3 is 2.38 bits per heavy atom. The van der Waals surface area contributed by atoms with E-state index in [4.69, 9.17) is 16.0 Å². The monoisotopic (exact) mass is 431 g/mol. The first-order chi connectivity index (χ1) is 14.1. The van der Waals surface area contributed by atoms with Gasteiger partial charge in [0.05, 0.1) is 22.5 Å². The predicted molar refractivity (Wildman–Crippen MR) is 118 cm³/mol. The summed E-state index contributed by atoms with van der Waals surface area (Å²) >= 11 is 7.36. The zero-order valence-electron chi connectivity index (χ0n) is 16.7. The van der Waals surface area contributed by atoms with E-state index in [1.54, 1.807) is 30.5 Å². The first-order valence-corrected chi connectivity index (χ1v) is 11.5. The van der Waals surface area contributed by atoms with E-state index >= 15 is 0 Å². The van der Waals surface area contributed by atoms with Crippen LogP contribution in [0.1, 0.15) is 56.8 Å². The van der Waals surface area contributed by atoms with E-state index in [-0.39, 0.29) is 11.8 Å². The number of unbranched alkanes of at least 4 members (excludes halogenated alkanes) is 5. The summed E-state index contributed by atoms with van der Waals surface area (Å²) in [6.07, 6.45) is 8.26. The van der Waals surface area contributed by atoms with E-state index in [0.29, 0.717) is 27.8 Å². The third-order valence-electron chi connectivity index (χ3n) is 4.93. The third kappa shape index (κ3) is 5.55. The van der Waals surface area contributed by atoms with Crippen LogP contribution in [0.5, 0.6) is 0 Å². The fourth-order valence-corrected chi connectivity index (χ4v) is 4.51. The molecule has 0 unspecified atom stereocenters. The van der Waals surface area contributed by atoms with Crippen LogP contribution in [0.3, 0.4) is 0 Å². The molecule has 3 rings (SSSR count). The fraction of sp³-hybridized carbons (Fsp3) is 0.391. The Morgan fingerprint density at radius 1 is 0.966 bits per heavy atom. The molecule has 1 aliphatic heterocycles. The lowest BCUT2D eigenvalue weighted by Crippen LogP contribution is -2.32. The molecule has 154 valence electrons. The van der Waals surface area contributed by atoms with Crippen molar-refractivity contribution >= 4 is 40.8 Å². The average Bonchev–Trinajstić information content (AvgIpc) is 3.31. The number of benzene rings is 1. The highest BCUT2D eigenvalue weighted by atomic mass is 35.5. The predicted octanol–water partition coefficient (Wildman–Crippen LogP) is 6.31. The summed E-state index contributed by atoms with van der Waals surface area (Å²) in [5.41, 5.74) is 1.19. The van der Waals surface area contributed by atoms with Gasteiger partial charge in [-0.3, -0.25) is 14.5 Å². The van der Waals surface area contributed by atoms with Gasteiger partial charge in [-0.05, 0) is 36.2 Å². The Kier molecular flexibility index (Phi) is 8.01. The summed E-state index contributed by atoms with van der Waals surface area (Å²) in [6.45, 7) is 2.65. The number of thioether (sulfide) groups is 1. The number of carbonyl (C=O) groups excluding carboxylic acids is 2. The Hall–Kier alpha value is -1.98. The smallest absolute Gasteiger partial charge is 0.267 e. The van der Waals surface area contributed by atoms with Gasteiger partial charge in [0.15, 0.2) is 0 Å². The minimum atomic E-state index is -0.215. The van der Waals surface area contributed by atoms with E-state index in [2.05, 4.69) is 6.92 Å². The van der Waals surface area contributed by atoms with Gasteiger partial charge in [0.2, 0.25) is 0 Å². The van der Waals surface area contributed by atoms with Crippen LogP contribution in [0.15, 0.2) is 52.0 Å². The zero-order valence-corrected chi connectivity index (χ0v) is 18.2. The molecule has 2 heterocycles. The van der Waals surface area contributed by atoms with Crippen LogP contribution in [0, 0.1) is 0 Å². The molecule has 1 aliphatic rings. The molecule has 0 N–H and O–H groups in total. The number of hydrogen-bond acceptors (Lipinski definition) is 4. The maximum absolute atomic E-state index is 13.1. The van der Waals surface area contributed by atoms with Gasteiger partial charge in [-0.15, -0.1) is 11.8 Å². The largest absolute Gasteiger partial charge is 0.468 e. The molecule has 2 amide bonds. The summed E-state index contributed by atoms with van der Waals surface area (Å²) in [4.78, 5) is 28.1. The molecule has 1 aromatic heterocycles. The van der Waals surface area contributed by atoms with Crippen molar-refractivity contribution in [3.8, 4) is 0 Å². The highest BCUT2D eigenvalue weighted by Crippen LogP contribution is 2.38. The van der Waals surface area contributed by atoms with Crippen molar-refractivity contribution in [2.24, 2.45) is 0 Å². The number of amides is 2. The standard InChI is InChI=1S/C23H26ClNO3S/c1-2-3-4-5-6-7-14-25-22(26)20(17-10-12-18(24)13-11-17)21(23(25)27)29-16-19-9-8-15-28-19/h8-13,15H,2-7,14,16H2,1H3. The van der Waals surface area contributed by atoms with E-state index in [0.717, 1.165) is 30.6 Å². The van der Waals surface area contributed by atoms with Gasteiger partial charge in [0, 0.05) is 11.6 Å². The molecular weight excluding hydrogens is 406 g/mol. The number of hydrogen-bond donors (Lipinski definition) is 0. The molecule has 0 atom stereocenters. The van der Waals surface area contributed by atoms with Gasteiger partial charge in [-0.1, -0.05) is 62.8 Å². The number of rotatable bonds is 11. The summed E-state index contributed by atoms with van der Waals surface area (Å²) in [7, 11) is 0. The molecule has 0 bridgehead atoms. The van der Waals surface area contributed by atoms with Crippen LogP contribution in [0.25, 0.3) is 5.57 Å². The lowest BCUT2D eigenvalue weighted by Gasteiger charge is -2.15. The molecule has 0 aliphatic carbocycles. The minimum Gasteiger partial charge on any atom is -0.468 e. The van der Waals surface area contributed by atoms with E-state index in [1.165, 1.54) is 35.9 Å². The molecule has 2 aromatic rings. The Morgan fingerprint density at radius 2 is 1.69 bits per heavy atom. The molecule has 0 saturated heterocycles. The van der Waals surface area contributed by atoms with Crippen LogP contribution >= 0.6 is 23.4 Å². The second-order valence-electron chi connectivity index (χ2n) is 7.11. The zero-order chi connectivity index (χ0) is 20.6. The highest BCUT2D eigenvalue weighted by Gasteiger charge is 2.38. The van der Waals surface area contributed by atoms with Gasteiger partial charge < -0.3 is 4.42 Å². The normalized spacial score (nSPS) is 14.3.